The van der Waals surface area contributed by atoms with Crippen molar-refractivity contribution in [2.24, 2.45) is 5.92 Å². The molecule has 1 heterocycles. The van der Waals surface area contributed by atoms with Gasteiger partial charge in [-0.05, 0) is 49.6 Å². The van der Waals surface area contributed by atoms with Crippen molar-refractivity contribution in [2.45, 2.75) is 32.4 Å². The van der Waals surface area contributed by atoms with Gasteiger partial charge < -0.3 is 14.8 Å². The van der Waals surface area contributed by atoms with Gasteiger partial charge in [0.2, 0.25) is 5.91 Å². The largest absolute Gasteiger partial charge is 0.495 e. The number of piperidine rings is 1. The van der Waals surface area contributed by atoms with Crippen LogP contribution in [0, 0.1) is 12.8 Å². The van der Waals surface area contributed by atoms with Crippen LogP contribution in [0.4, 0.5) is 5.69 Å². The van der Waals surface area contributed by atoms with Crippen LogP contribution in [0.25, 0.3) is 0 Å². The quantitative estimate of drug-likeness (QED) is 0.790. The summed E-state index contributed by atoms with van der Waals surface area (Å²) < 4.78 is 10.9. The minimum Gasteiger partial charge on any atom is -0.495 e. The number of methoxy groups -OCH3 is 2. The standard InChI is InChI=1S/C23H30N2O3/c1-17-11-12-22(28-3)20(14-17)24-23(26)19-10-7-13-25(21(19)16-27-2)15-18-8-5-4-6-9-18/h4-6,8-9,11-12,14,19,21H,7,10,13,15-16H2,1-3H3,(H,24,26)/t19-,21-/m1/s1. The summed E-state index contributed by atoms with van der Waals surface area (Å²) in [5, 5.41) is 3.10. The zero-order valence-corrected chi connectivity index (χ0v) is 17.0. The van der Waals surface area contributed by atoms with Crippen LogP contribution in [0.15, 0.2) is 48.5 Å². The molecule has 28 heavy (non-hydrogen) atoms. The summed E-state index contributed by atoms with van der Waals surface area (Å²) >= 11 is 0. The van der Waals surface area contributed by atoms with Gasteiger partial charge >= 0.3 is 0 Å². The maximum atomic E-state index is 13.2. The molecule has 1 fully saturated rings. The van der Waals surface area contributed by atoms with E-state index in [9.17, 15) is 4.79 Å². The van der Waals surface area contributed by atoms with Crippen molar-refractivity contribution in [1.29, 1.82) is 0 Å². The van der Waals surface area contributed by atoms with E-state index >= 15 is 0 Å². The maximum Gasteiger partial charge on any atom is 0.229 e. The van der Waals surface area contributed by atoms with Gasteiger partial charge in [-0.15, -0.1) is 0 Å². The first-order chi connectivity index (χ1) is 13.6. The Bertz CT molecular complexity index is 779. The van der Waals surface area contributed by atoms with Crippen molar-refractivity contribution >= 4 is 11.6 Å². The number of anilines is 1. The van der Waals surface area contributed by atoms with E-state index in [0.717, 1.165) is 37.2 Å². The Labute approximate surface area is 167 Å². The summed E-state index contributed by atoms with van der Waals surface area (Å²) in [4.78, 5) is 15.6. The maximum absolute atomic E-state index is 13.2. The number of ether oxygens (including phenoxy) is 2. The molecular weight excluding hydrogens is 352 g/mol. The average Bonchev–Trinajstić information content (AvgIpc) is 2.70. The molecule has 0 aliphatic carbocycles. The van der Waals surface area contributed by atoms with E-state index in [4.69, 9.17) is 9.47 Å². The molecule has 2 atom stereocenters. The molecule has 1 amide bonds. The van der Waals surface area contributed by atoms with Crippen LogP contribution in [0.2, 0.25) is 0 Å². The van der Waals surface area contributed by atoms with E-state index in [1.54, 1.807) is 14.2 Å². The van der Waals surface area contributed by atoms with Crippen molar-refractivity contribution in [1.82, 2.24) is 4.90 Å². The number of amides is 1. The molecule has 0 radical (unpaired) electrons. The first kappa shape index (κ1) is 20.4. The lowest BCUT2D eigenvalue weighted by molar-refractivity contribution is -0.125. The molecular formula is C23H30N2O3. The molecule has 0 bridgehead atoms. The second-order valence-electron chi connectivity index (χ2n) is 7.42. The fraction of sp³-hybridized carbons (Fsp3) is 0.435. The minimum atomic E-state index is -0.123. The van der Waals surface area contributed by atoms with Crippen molar-refractivity contribution in [2.75, 3.05) is 32.7 Å². The summed E-state index contributed by atoms with van der Waals surface area (Å²) in [5.41, 5.74) is 3.06. The zero-order valence-electron chi connectivity index (χ0n) is 17.0. The van der Waals surface area contributed by atoms with Crippen molar-refractivity contribution in [3.63, 3.8) is 0 Å². The van der Waals surface area contributed by atoms with Crippen LogP contribution >= 0.6 is 0 Å². The van der Waals surface area contributed by atoms with Gasteiger partial charge in [0.05, 0.1) is 25.3 Å². The summed E-state index contributed by atoms with van der Waals surface area (Å²) in [6, 6.07) is 16.3. The van der Waals surface area contributed by atoms with Crippen molar-refractivity contribution in [3.8, 4) is 5.75 Å². The smallest absolute Gasteiger partial charge is 0.229 e. The Hall–Kier alpha value is -2.37. The van der Waals surface area contributed by atoms with E-state index < -0.39 is 0 Å². The van der Waals surface area contributed by atoms with Crippen LogP contribution < -0.4 is 10.1 Å². The lowest BCUT2D eigenvalue weighted by Crippen LogP contribution is -2.51. The molecule has 0 aromatic heterocycles. The monoisotopic (exact) mass is 382 g/mol. The third-order valence-corrected chi connectivity index (χ3v) is 5.41. The molecule has 0 unspecified atom stereocenters. The number of carbonyl (C=O) groups excluding carboxylic acids is 1. The third-order valence-electron chi connectivity index (χ3n) is 5.41. The number of hydrogen-bond acceptors (Lipinski definition) is 4. The minimum absolute atomic E-state index is 0.0312. The van der Waals surface area contributed by atoms with Gasteiger partial charge in [0.25, 0.3) is 0 Å². The highest BCUT2D eigenvalue weighted by Crippen LogP contribution is 2.30. The van der Waals surface area contributed by atoms with E-state index in [1.165, 1.54) is 5.56 Å². The number of nitrogens with one attached hydrogen (secondary N) is 1. The zero-order chi connectivity index (χ0) is 19.9. The Kier molecular flexibility index (Phi) is 7.06. The topological polar surface area (TPSA) is 50.8 Å². The molecule has 2 aromatic carbocycles. The Morgan fingerprint density at radius 1 is 1.18 bits per heavy atom. The Morgan fingerprint density at radius 2 is 1.96 bits per heavy atom. The number of aryl methyl sites for hydroxylation is 1. The molecule has 150 valence electrons. The fourth-order valence-corrected chi connectivity index (χ4v) is 3.98. The predicted molar refractivity (Wildman–Crippen MR) is 112 cm³/mol. The summed E-state index contributed by atoms with van der Waals surface area (Å²) in [6.45, 7) is 4.34. The molecule has 1 N–H and O–H groups in total. The van der Waals surface area contributed by atoms with Gasteiger partial charge in [-0.1, -0.05) is 36.4 Å². The van der Waals surface area contributed by atoms with Crippen LogP contribution in [-0.4, -0.2) is 44.2 Å². The van der Waals surface area contributed by atoms with Gasteiger partial charge in [0.15, 0.2) is 0 Å². The second kappa shape index (κ2) is 9.71. The Morgan fingerprint density at radius 3 is 2.68 bits per heavy atom. The second-order valence-corrected chi connectivity index (χ2v) is 7.42. The van der Waals surface area contributed by atoms with Gasteiger partial charge in [-0.2, -0.15) is 0 Å². The highest BCUT2D eigenvalue weighted by molar-refractivity contribution is 5.94. The number of nitrogens with zero attached hydrogens (tertiary/aromatic N) is 1. The van der Waals surface area contributed by atoms with E-state index in [0.29, 0.717) is 12.4 Å². The van der Waals surface area contributed by atoms with Crippen LogP contribution in [0.3, 0.4) is 0 Å². The first-order valence-corrected chi connectivity index (χ1v) is 9.84. The molecule has 1 saturated heterocycles. The molecule has 1 aliphatic rings. The fourth-order valence-electron chi connectivity index (χ4n) is 3.98. The van der Waals surface area contributed by atoms with Gasteiger partial charge in [-0.25, -0.2) is 0 Å². The van der Waals surface area contributed by atoms with Crippen molar-refractivity contribution in [3.05, 3.63) is 59.7 Å². The Balaban J connectivity index is 1.77. The number of benzene rings is 2. The highest BCUT2D eigenvalue weighted by Gasteiger charge is 2.36. The molecule has 1 aliphatic heterocycles. The SMILES string of the molecule is COC[C@@H]1[C@H](C(=O)Nc2cc(C)ccc2OC)CCCN1Cc1ccccc1. The summed E-state index contributed by atoms with van der Waals surface area (Å²) in [5.74, 6) is 0.588. The van der Waals surface area contributed by atoms with E-state index in [-0.39, 0.29) is 17.9 Å². The lowest BCUT2D eigenvalue weighted by atomic mass is 9.88. The summed E-state index contributed by atoms with van der Waals surface area (Å²) in [7, 11) is 3.32. The van der Waals surface area contributed by atoms with Crippen LogP contribution in [0.1, 0.15) is 24.0 Å². The number of carbonyl (C=O) groups is 1. The van der Waals surface area contributed by atoms with Gasteiger partial charge in [-0.3, -0.25) is 9.69 Å². The molecule has 5 heteroatoms. The molecule has 5 nitrogen and oxygen atoms in total. The highest BCUT2D eigenvalue weighted by atomic mass is 16.5. The third kappa shape index (κ3) is 4.91. The average molecular weight is 383 g/mol. The number of likely N-dealkylation sites (tertiary alicyclic amines) is 1. The molecule has 0 spiro atoms. The molecule has 3 rings (SSSR count). The van der Waals surface area contributed by atoms with Crippen LogP contribution in [0.5, 0.6) is 5.75 Å². The first-order valence-electron chi connectivity index (χ1n) is 9.84. The molecule has 2 aromatic rings. The van der Waals surface area contributed by atoms with Gasteiger partial charge in [0.1, 0.15) is 5.75 Å². The lowest BCUT2D eigenvalue weighted by Gasteiger charge is -2.40. The number of rotatable bonds is 7. The normalized spacial score (nSPS) is 20.0. The predicted octanol–water partition coefficient (Wildman–Crippen LogP) is 3.87. The van der Waals surface area contributed by atoms with Crippen molar-refractivity contribution < 1.29 is 14.3 Å². The van der Waals surface area contributed by atoms with Gasteiger partial charge in [0, 0.05) is 19.7 Å². The number of hydrogen-bond donors (Lipinski definition) is 1. The van der Waals surface area contributed by atoms with E-state index in [2.05, 4.69) is 34.5 Å². The molecule has 0 saturated carbocycles. The van der Waals surface area contributed by atoms with Crippen LogP contribution in [-0.2, 0) is 16.1 Å². The summed E-state index contributed by atoms with van der Waals surface area (Å²) in [6.07, 6.45) is 1.86. The van der Waals surface area contributed by atoms with E-state index in [1.807, 2.05) is 31.2 Å².